The number of rotatable bonds is 5. The molecule has 3 rings (SSSR count). The minimum atomic E-state index is -0.550. The van der Waals surface area contributed by atoms with Crippen LogP contribution in [0, 0.1) is 0 Å². The summed E-state index contributed by atoms with van der Waals surface area (Å²) in [5.74, 6) is -1.64. The predicted molar refractivity (Wildman–Crippen MR) is 106 cm³/mol. The first-order chi connectivity index (χ1) is 14.4. The van der Waals surface area contributed by atoms with Crippen molar-refractivity contribution in [1.29, 1.82) is 0 Å². The highest BCUT2D eigenvalue weighted by Crippen LogP contribution is 2.16. The first kappa shape index (κ1) is 21.0. The number of amides is 3. The molecule has 0 N–H and O–H groups in total. The number of hydrogen-bond acceptors (Lipinski definition) is 6. The van der Waals surface area contributed by atoms with Crippen LogP contribution in [0.4, 0.5) is 0 Å². The van der Waals surface area contributed by atoms with Gasteiger partial charge in [0.05, 0.1) is 12.7 Å². The molecule has 0 atom stereocenters. The van der Waals surface area contributed by atoms with Gasteiger partial charge in [0, 0.05) is 31.9 Å². The SMILES string of the molecule is COC(=O)c1ccc(C(=O)N2CCCN2C(=O)CN(C)C(=O)c2ccccc2)nc1. The lowest BCUT2D eigenvalue weighted by Gasteiger charge is -2.29. The van der Waals surface area contributed by atoms with Crippen molar-refractivity contribution in [2.45, 2.75) is 6.42 Å². The van der Waals surface area contributed by atoms with Crippen LogP contribution in [0.1, 0.15) is 37.6 Å². The van der Waals surface area contributed by atoms with Crippen molar-refractivity contribution in [3.63, 3.8) is 0 Å². The van der Waals surface area contributed by atoms with Gasteiger partial charge in [-0.2, -0.15) is 0 Å². The zero-order chi connectivity index (χ0) is 21.7. The number of esters is 1. The highest BCUT2D eigenvalue weighted by atomic mass is 16.5. The average molecular weight is 410 g/mol. The van der Waals surface area contributed by atoms with E-state index in [-0.39, 0.29) is 29.6 Å². The summed E-state index contributed by atoms with van der Waals surface area (Å²) >= 11 is 0. The van der Waals surface area contributed by atoms with Gasteiger partial charge in [-0.1, -0.05) is 18.2 Å². The molecule has 1 aromatic heterocycles. The summed E-state index contributed by atoms with van der Waals surface area (Å²) in [6, 6.07) is 11.5. The Morgan fingerprint density at radius 1 is 1.00 bits per heavy atom. The normalized spacial score (nSPS) is 13.1. The van der Waals surface area contributed by atoms with Gasteiger partial charge in [-0.15, -0.1) is 0 Å². The Labute approximate surface area is 173 Å². The molecule has 0 spiro atoms. The molecule has 0 radical (unpaired) electrons. The topological polar surface area (TPSA) is 100 Å². The lowest BCUT2D eigenvalue weighted by molar-refractivity contribution is -0.141. The molecule has 1 saturated heterocycles. The Kier molecular flexibility index (Phi) is 6.41. The fourth-order valence-corrected chi connectivity index (χ4v) is 3.13. The van der Waals surface area contributed by atoms with Crippen molar-refractivity contribution in [3.8, 4) is 0 Å². The molecule has 2 heterocycles. The van der Waals surface area contributed by atoms with Crippen LogP contribution in [-0.4, -0.2) is 77.4 Å². The summed E-state index contributed by atoms with van der Waals surface area (Å²) < 4.78 is 4.61. The lowest BCUT2D eigenvalue weighted by atomic mass is 10.2. The van der Waals surface area contributed by atoms with Crippen LogP contribution in [0.2, 0.25) is 0 Å². The van der Waals surface area contributed by atoms with Gasteiger partial charge in [0.15, 0.2) is 0 Å². The second-order valence-electron chi connectivity index (χ2n) is 6.75. The molecular weight excluding hydrogens is 388 g/mol. The van der Waals surface area contributed by atoms with E-state index in [1.807, 2.05) is 0 Å². The van der Waals surface area contributed by atoms with Crippen molar-refractivity contribution in [2.75, 3.05) is 33.8 Å². The van der Waals surface area contributed by atoms with Gasteiger partial charge in [0.1, 0.15) is 12.2 Å². The van der Waals surface area contributed by atoms with Gasteiger partial charge < -0.3 is 9.64 Å². The van der Waals surface area contributed by atoms with Crippen LogP contribution in [0.15, 0.2) is 48.7 Å². The summed E-state index contributed by atoms with van der Waals surface area (Å²) in [5.41, 5.74) is 0.817. The van der Waals surface area contributed by atoms with Crippen LogP contribution in [-0.2, 0) is 9.53 Å². The quantitative estimate of drug-likeness (QED) is 0.688. The molecule has 2 aromatic rings. The molecule has 0 bridgehead atoms. The number of hydrogen-bond donors (Lipinski definition) is 0. The second kappa shape index (κ2) is 9.17. The van der Waals surface area contributed by atoms with Crippen molar-refractivity contribution < 1.29 is 23.9 Å². The minimum Gasteiger partial charge on any atom is -0.465 e. The number of ether oxygens (including phenoxy) is 1. The maximum Gasteiger partial charge on any atom is 0.339 e. The van der Waals surface area contributed by atoms with Crippen LogP contribution in [0.5, 0.6) is 0 Å². The van der Waals surface area contributed by atoms with Gasteiger partial charge >= 0.3 is 5.97 Å². The maximum absolute atomic E-state index is 12.8. The Hall–Kier alpha value is -3.75. The minimum absolute atomic E-state index is 0.107. The molecule has 1 aromatic carbocycles. The fourth-order valence-electron chi connectivity index (χ4n) is 3.13. The summed E-state index contributed by atoms with van der Waals surface area (Å²) in [6.07, 6.45) is 1.88. The number of hydrazine groups is 1. The Morgan fingerprint density at radius 3 is 2.33 bits per heavy atom. The number of likely N-dealkylation sites (N-methyl/N-ethyl adjacent to an activating group) is 1. The van der Waals surface area contributed by atoms with E-state index in [1.54, 1.807) is 37.4 Å². The smallest absolute Gasteiger partial charge is 0.339 e. The zero-order valence-corrected chi connectivity index (χ0v) is 16.8. The Balaban J connectivity index is 1.67. The number of nitrogens with zero attached hydrogens (tertiary/aromatic N) is 4. The third-order valence-electron chi connectivity index (χ3n) is 4.70. The standard InChI is InChI=1S/C21H22N4O5/c1-23(19(27)15-7-4-3-5-8-15)14-18(26)24-11-6-12-25(24)20(28)17-10-9-16(13-22-17)21(29)30-2/h3-5,7-10,13H,6,11-12,14H2,1-2H3. The largest absolute Gasteiger partial charge is 0.465 e. The summed E-state index contributed by atoms with van der Waals surface area (Å²) in [4.78, 5) is 54.9. The number of pyridine rings is 1. The van der Waals surface area contributed by atoms with Crippen molar-refractivity contribution in [3.05, 3.63) is 65.5 Å². The van der Waals surface area contributed by atoms with E-state index < -0.39 is 11.9 Å². The van der Waals surface area contributed by atoms with E-state index in [0.29, 0.717) is 25.1 Å². The average Bonchev–Trinajstić information content (AvgIpc) is 3.28. The summed E-state index contributed by atoms with van der Waals surface area (Å²) in [7, 11) is 2.80. The van der Waals surface area contributed by atoms with E-state index in [4.69, 9.17) is 0 Å². The van der Waals surface area contributed by atoms with Crippen LogP contribution < -0.4 is 0 Å². The first-order valence-electron chi connectivity index (χ1n) is 9.39. The van der Waals surface area contributed by atoms with Crippen LogP contribution >= 0.6 is 0 Å². The molecule has 3 amide bonds. The Bertz CT molecular complexity index is 946. The third-order valence-corrected chi connectivity index (χ3v) is 4.70. The Morgan fingerprint density at radius 2 is 1.70 bits per heavy atom. The maximum atomic E-state index is 12.8. The molecule has 1 aliphatic heterocycles. The van der Waals surface area contributed by atoms with Crippen molar-refractivity contribution in [1.82, 2.24) is 19.9 Å². The molecule has 9 heteroatoms. The number of methoxy groups -OCH3 is 1. The van der Waals surface area contributed by atoms with Crippen LogP contribution in [0.3, 0.4) is 0 Å². The highest BCUT2D eigenvalue weighted by Gasteiger charge is 2.33. The zero-order valence-electron chi connectivity index (χ0n) is 16.8. The highest BCUT2D eigenvalue weighted by molar-refractivity contribution is 5.98. The van der Waals surface area contributed by atoms with Gasteiger partial charge in [-0.3, -0.25) is 19.4 Å². The molecule has 156 valence electrons. The lowest BCUT2D eigenvalue weighted by Crippen LogP contribution is -2.49. The van der Waals surface area contributed by atoms with Crippen LogP contribution in [0.25, 0.3) is 0 Å². The van der Waals surface area contributed by atoms with E-state index in [0.717, 1.165) is 0 Å². The number of carbonyl (C=O) groups is 4. The number of carbonyl (C=O) groups excluding carboxylic acids is 4. The predicted octanol–water partition coefficient (Wildman–Crippen LogP) is 1.23. The first-order valence-corrected chi connectivity index (χ1v) is 9.39. The molecule has 30 heavy (non-hydrogen) atoms. The second-order valence-corrected chi connectivity index (χ2v) is 6.75. The van der Waals surface area contributed by atoms with Crippen molar-refractivity contribution in [2.24, 2.45) is 0 Å². The molecule has 0 aliphatic carbocycles. The number of benzene rings is 1. The van der Waals surface area contributed by atoms with E-state index in [1.165, 1.54) is 40.4 Å². The van der Waals surface area contributed by atoms with E-state index in [9.17, 15) is 19.2 Å². The molecule has 9 nitrogen and oxygen atoms in total. The molecular formula is C21H22N4O5. The number of aromatic nitrogens is 1. The fraction of sp³-hybridized carbons (Fsp3) is 0.286. The van der Waals surface area contributed by atoms with Crippen molar-refractivity contribution >= 4 is 23.7 Å². The summed E-state index contributed by atoms with van der Waals surface area (Å²) in [5, 5.41) is 2.66. The molecule has 1 aliphatic rings. The monoisotopic (exact) mass is 410 g/mol. The third kappa shape index (κ3) is 4.45. The van der Waals surface area contributed by atoms with Gasteiger partial charge in [0.2, 0.25) is 0 Å². The molecule has 1 fully saturated rings. The van der Waals surface area contributed by atoms with Gasteiger partial charge in [-0.05, 0) is 30.7 Å². The molecule has 0 saturated carbocycles. The van der Waals surface area contributed by atoms with E-state index >= 15 is 0 Å². The van der Waals surface area contributed by atoms with Gasteiger partial charge in [0.25, 0.3) is 17.7 Å². The van der Waals surface area contributed by atoms with Gasteiger partial charge in [-0.25, -0.2) is 14.8 Å². The molecule has 0 unspecified atom stereocenters. The summed E-state index contributed by atoms with van der Waals surface area (Å²) in [6.45, 7) is 0.575. The van der Waals surface area contributed by atoms with E-state index in [2.05, 4.69) is 9.72 Å².